The Morgan fingerprint density at radius 1 is 1.21 bits per heavy atom. The lowest BCUT2D eigenvalue weighted by molar-refractivity contribution is -0.147. The van der Waals surface area contributed by atoms with Gasteiger partial charge in [-0.3, -0.25) is 9.59 Å². The normalized spacial score (nSPS) is 11.6. The van der Waals surface area contributed by atoms with Crippen molar-refractivity contribution in [3.8, 4) is 5.75 Å². The molecule has 1 atom stereocenters. The summed E-state index contributed by atoms with van der Waals surface area (Å²) in [5.74, 6) is -3.36. The lowest BCUT2D eigenvalue weighted by Crippen LogP contribution is -2.42. The number of carbonyl (C=O) groups excluding carboxylic acids is 1. The molecular formula is C12H13NO6. The van der Waals surface area contributed by atoms with Crippen LogP contribution in [0.3, 0.4) is 0 Å². The van der Waals surface area contributed by atoms with E-state index < -0.39 is 30.3 Å². The van der Waals surface area contributed by atoms with Crippen molar-refractivity contribution in [2.75, 3.05) is 0 Å². The average molecular weight is 267 g/mol. The van der Waals surface area contributed by atoms with Crippen LogP contribution in [-0.2, 0) is 20.8 Å². The molecule has 0 aliphatic rings. The molecule has 0 aliphatic heterocycles. The number of phenols is 1. The third kappa shape index (κ3) is 5.07. The molecule has 1 aromatic rings. The lowest BCUT2D eigenvalue weighted by Gasteiger charge is -2.12. The van der Waals surface area contributed by atoms with Crippen LogP contribution in [0, 0.1) is 0 Å². The van der Waals surface area contributed by atoms with Gasteiger partial charge in [-0.25, -0.2) is 4.79 Å². The molecule has 0 radical (unpaired) electrons. The topological polar surface area (TPSA) is 124 Å². The van der Waals surface area contributed by atoms with Crippen LogP contribution in [0.4, 0.5) is 0 Å². The Morgan fingerprint density at radius 3 is 2.42 bits per heavy atom. The molecule has 1 rings (SSSR count). The SMILES string of the molecule is O=C(O)C[C@H](NC(=O)Cc1cccc(O)c1)C(=O)O. The molecule has 0 aromatic heterocycles. The van der Waals surface area contributed by atoms with Gasteiger partial charge < -0.3 is 20.6 Å². The van der Waals surface area contributed by atoms with Gasteiger partial charge in [0.2, 0.25) is 5.91 Å². The van der Waals surface area contributed by atoms with Crippen molar-refractivity contribution in [1.29, 1.82) is 0 Å². The smallest absolute Gasteiger partial charge is 0.326 e. The van der Waals surface area contributed by atoms with Crippen molar-refractivity contribution < 1.29 is 29.7 Å². The molecule has 7 heteroatoms. The number of nitrogens with one attached hydrogen (secondary N) is 1. The van der Waals surface area contributed by atoms with Crippen LogP contribution in [0.15, 0.2) is 24.3 Å². The predicted molar refractivity (Wildman–Crippen MR) is 63.6 cm³/mol. The molecule has 0 saturated carbocycles. The van der Waals surface area contributed by atoms with E-state index >= 15 is 0 Å². The zero-order valence-electron chi connectivity index (χ0n) is 9.87. The van der Waals surface area contributed by atoms with Gasteiger partial charge in [0.1, 0.15) is 11.8 Å². The van der Waals surface area contributed by atoms with Crippen LogP contribution in [0.25, 0.3) is 0 Å². The number of hydrogen-bond acceptors (Lipinski definition) is 4. The van der Waals surface area contributed by atoms with E-state index in [1.807, 2.05) is 0 Å². The quantitative estimate of drug-likeness (QED) is 0.574. The van der Waals surface area contributed by atoms with Crippen LogP contribution in [0.5, 0.6) is 5.75 Å². The van der Waals surface area contributed by atoms with Gasteiger partial charge in [0.15, 0.2) is 0 Å². The number of carboxylic acid groups (broad SMARTS) is 2. The minimum absolute atomic E-state index is 0.00868. The maximum Gasteiger partial charge on any atom is 0.326 e. The van der Waals surface area contributed by atoms with Gasteiger partial charge in [-0.05, 0) is 17.7 Å². The minimum Gasteiger partial charge on any atom is -0.508 e. The van der Waals surface area contributed by atoms with E-state index in [1.165, 1.54) is 12.1 Å². The third-order valence-corrected chi connectivity index (χ3v) is 2.29. The van der Waals surface area contributed by atoms with Crippen LogP contribution < -0.4 is 5.32 Å². The summed E-state index contributed by atoms with van der Waals surface area (Å²) in [6, 6.07) is 4.47. The molecule has 0 heterocycles. The summed E-state index contributed by atoms with van der Waals surface area (Å²) in [5, 5.41) is 28.6. The van der Waals surface area contributed by atoms with E-state index in [9.17, 15) is 19.5 Å². The highest BCUT2D eigenvalue weighted by Gasteiger charge is 2.22. The number of phenolic OH excluding ortho intramolecular Hbond substituents is 1. The first kappa shape index (κ1) is 14.5. The van der Waals surface area contributed by atoms with Gasteiger partial charge >= 0.3 is 11.9 Å². The van der Waals surface area contributed by atoms with Crippen molar-refractivity contribution >= 4 is 17.8 Å². The third-order valence-electron chi connectivity index (χ3n) is 2.29. The molecule has 0 spiro atoms. The first-order valence-corrected chi connectivity index (χ1v) is 5.40. The molecular weight excluding hydrogens is 254 g/mol. The number of rotatable bonds is 6. The summed E-state index contributed by atoms with van der Waals surface area (Å²) in [6.07, 6.45) is -0.834. The van der Waals surface area contributed by atoms with Gasteiger partial charge in [-0.15, -0.1) is 0 Å². The standard InChI is InChI=1S/C12H13NO6/c14-8-3-1-2-7(4-8)5-10(15)13-9(12(18)19)6-11(16)17/h1-4,9,14H,5-6H2,(H,13,15)(H,16,17)(H,18,19)/t9-/m0/s1. The maximum absolute atomic E-state index is 11.6. The van der Waals surface area contributed by atoms with Crippen LogP contribution in [0.1, 0.15) is 12.0 Å². The zero-order chi connectivity index (χ0) is 14.4. The van der Waals surface area contributed by atoms with Crippen molar-refractivity contribution in [3.05, 3.63) is 29.8 Å². The number of benzene rings is 1. The van der Waals surface area contributed by atoms with Gasteiger partial charge in [-0.2, -0.15) is 0 Å². The molecule has 1 amide bonds. The fourth-order valence-corrected chi connectivity index (χ4v) is 1.47. The Kier molecular flexibility index (Phi) is 4.87. The summed E-state index contributed by atoms with van der Waals surface area (Å²) in [4.78, 5) is 32.8. The van der Waals surface area contributed by atoms with E-state index in [-0.39, 0.29) is 12.2 Å². The second-order valence-electron chi connectivity index (χ2n) is 3.90. The number of aliphatic carboxylic acids is 2. The Labute approximate surface area is 108 Å². The highest BCUT2D eigenvalue weighted by atomic mass is 16.4. The lowest BCUT2D eigenvalue weighted by atomic mass is 10.1. The fraction of sp³-hybridized carbons (Fsp3) is 0.250. The number of amides is 1. The second kappa shape index (κ2) is 6.39. The molecule has 0 saturated heterocycles. The molecule has 0 unspecified atom stereocenters. The first-order chi connectivity index (χ1) is 8.88. The number of carbonyl (C=O) groups is 3. The van der Waals surface area contributed by atoms with Gasteiger partial charge in [-0.1, -0.05) is 12.1 Å². The van der Waals surface area contributed by atoms with Gasteiger partial charge in [0.05, 0.1) is 12.8 Å². The number of carboxylic acids is 2. The largest absolute Gasteiger partial charge is 0.508 e. The average Bonchev–Trinajstić information content (AvgIpc) is 2.27. The van der Waals surface area contributed by atoms with Crippen molar-refractivity contribution in [2.24, 2.45) is 0 Å². The Bertz CT molecular complexity index is 499. The predicted octanol–water partition coefficient (Wildman–Crippen LogP) is -0.0212. The van der Waals surface area contributed by atoms with Crippen molar-refractivity contribution in [1.82, 2.24) is 5.32 Å². The highest BCUT2D eigenvalue weighted by Crippen LogP contribution is 2.11. The second-order valence-corrected chi connectivity index (χ2v) is 3.90. The zero-order valence-corrected chi connectivity index (χ0v) is 9.87. The van der Waals surface area contributed by atoms with Crippen LogP contribution >= 0.6 is 0 Å². The molecule has 102 valence electrons. The number of aromatic hydroxyl groups is 1. The maximum atomic E-state index is 11.6. The van der Waals surface area contributed by atoms with E-state index in [1.54, 1.807) is 12.1 Å². The molecule has 0 bridgehead atoms. The molecule has 19 heavy (non-hydrogen) atoms. The molecule has 0 aliphatic carbocycles. The van der Waals surface area contributed by atoms with Crippen LogP contribution in [0.2, 0.25) is 0 Å². The van der Waals surface area contributed by atoms with Gasteiger partial charge in [0, 0.05) is 0 Å². The van der Waals surface area contributed by atoms with E-state index in [4.69, 9.17) is 10.2 Å². The molecule has 7 nitrogen and oxygen atoms in total. The van der Waals surface area contributed by atoms with Gasteiger partial charge in [0.25, 0.3) is 0 Å². The summed E-state index contributed by atoms with van der Waals surface area (Å²) in [5.41, 5.74) is 0.497. The monoisotopic (exact) mass is 267 g/mol. The summed E-state index contributed by atoms with van der Waals surface area (Å²) in [7, 11) is 0. The molecule has 4 N–H and O–H groups in total. The molecule has 1 aromatic carbocycles. The summed E-state index contributed by atoms with van der Waals surface area (Å²) < 4.78 is 0. The summed E-state index contributed by atoms with van der Waals surface area (Å²) in [6.45, 7) is 0. The Balaban J connectivity index is 2.62. The first-order valence-electron chi connectivity index (χ1n) is 5.40. The highest BCUT2D eigenvalue weighted by molar-refractivity contribution is 5.87. The van der Waals surface area contributed by atoms with Crippen molar-refractivity contribution in [2.45, 2.75) is 18.9 Å². The summed E-state index contributed by atoms with van der Waals surface area (Å²) >= 11 is 0. The minimum atomic E-state index is -1.47. The van der Waals surface area contributed by atoms with E-state index in [0.717, 1.165) is 0 Å². The Hall–Kier alpha value is -2.57. The molecule has 0 fully saturated rings. The fourth-order valence-electron chi connectivity index (χ4n) is 1.47. The van der Waals surface area contributed by atoms with E-state index in [2.05, 4.69) is 5.32 Å². The van der Waals surface area contributed by atoms with E-state index in [0.29, 0.717) is 5.56 Å². The van der Waals surface area contributed by atoms with Crippen LogP contribution in [-0.4, -0.2) is 39.2 Å². The van der Waals surface area contributed by atoms with Crippen molar-refractivity contribution in [3.63, 3.8) is 0 Å². The Morgan fingerprint density at radius 2 is 1.89 bits per heavy atom. The number of hydrogen-bond donors (Lipinski definition) is 4.